The van der Waals surface area contributed by atoms with Crippen LogP contribution in [0.15, 0.2) is 0 Å². The van der Waals surface area contributed by atoms with Crippen LogP contribution in [0, 0.1) is 0 Å². The van der Waals surface area contributed by atoms with Gasteiger partial charge in [0.05, 0.1) is 0 Å². The molecule has 0 aromatic rings. The third-order valence-corrected chi connectivity index (χ3v) is 5.36. The first-order chi connectivity index (χ1) is 10.6. The van der Waals surface area contributed by atoms with Gasteiger partial charge in [-0.05, 0) is 20.3 Å². The third kappa shape index (κ3) is 16.5. The van der Waals surface area contributed by atoms with Gasteiger partial charge in [0.2, 0.25) is 0 Å². The van der Waals surface area contributed by atoms with Gasteiger partial charge >= 0.3 is 0 Å². The van der Waals surface area contributed by atoms with Crippen molar-refractivity contribution in [1.29, 1.82) is 0 Å². The number of unbranched alkanes of at least 4 members (excludes halogenated alkanes) is 14. The summed E-state index contributed by atoms with van der Waals surface area (Å²) in [5.74, 6) is 0. The van der Waals surface area contributed by atoms with Crippen LogP contribution in [-0.4, -0.2) is 5.16 Å². The molecule has 0 amide bonds. The molecule has 0 aliphatic carbocycles. The van der Waals surface area contributed by atoms with Crippen molar-refractivity contribution in [3.05, 3.63) is 0 Å². The summed E-state index contributed by atoms with van der Waals surface area (Å²) in [5, 5.41) is -0.00343. The topological polar surface area (TPSA) is 17.1 Å². The first-order valence-corrected chi connectivity index (χ1v) is 10.8. The second kappa shape index (κ2) is 16.0. The lowest BCUT2D eigenvalue weighted by Crippen LogP contribution is -2.09. The zero-order valence-electron chi connectivity index (χ0n) is 15.7. The minimum absolute atomic E-state index is 0.00343. The number of hydrogen-bond acceptors (Lipinski definition) is 1. The third-order valence-electron chi connectivity index (χ3n) is 4.64. The van der Waals surface area contributed by atoms with E-state index in [1.54, 1.807) is 0 Å². The van der Waals surface area contributed by atoms with Crippen LogP contribution in [0.5, 0.6) is 0 Å². The maximum absolute atomic E-state index is 10.9. The molecular weight excluding hydrogens is 287 g/mol. The lowest BCUT2D eigenvalue weighted by atomic mass is 10.0. The molecule has 0 aromatic heterocycles. The highest BCUT2D eigenvalue weighted by Crippen LogP contribution is 2.28. The van der Waals surface area contributed by atoms with E-state index in [1.165, 1.54) is 96.3 Å². The molecular formula is C20H41OP. The van der Waals surface area contributed by atoms with Crippen molar-refractivity contribution in [2.24, 2.45) is 0 Å². The van der Waals surface area contributed by atoms with Gasteiger partial charge in [0.25, 0.3) is 0 Å². The van der Waals surface area contributed by atoms with E-state index in [0.717, 1.165) is 6.42 Å². The molecule has 2 heteroatoms. The van der Waals surface area contributed by atoms with E-state index in [-0.39, 0.29) is 5.16 Å². The van der Waals surface area contributed by atoms with Crippen molar-refractivity contribution >= 4 is 8.46 Å². The van der Waals surface area contributed by atoms with Gasteiger partial charge < -0.3 is 0 Å². The standard InChI is InChI=1S/C20H41OP/c1-4-5-6-7-8-9-10-11-12-13-14-15-16-17-18-19-20(2,3)22-21/h4-19H2,1-3H3. The summed E-state index contributed by atoms with van der Waals surface area (Å²) in [6.45, 7) is 6.46. The molecule has 0 atom stereocenters. The van der Waals surface area contributed by atoms with E-state index >= 15 is 0 Å². The second-order valence-electron chi connectivity index (χ2n) is 7.60. The molecule has 0 fully saturated rings. The van der Waals surface area contributed by atoms with Crippen LogP contribution in [0.1, 0.15) is 124 Å². The van der Waals surface area contributed by atoms with Gasteiger partial charge in [0, 0.05) is 5.16 Å². The molecule has 0 aromatic carbocycles. The summed E-state index contributed by atoms with van der Waals surface area (Å²) in [5.41, 5.74) is 0. The molecule has 0 bridgehead atoms. The summed E-state index contributed by atoms with van der Waals surface area (Å²) in [6, 6.07) is 0. The monoisotopic (exact) mass is 328 g/mol. The molecule has 0 heterocycles. The van der Waals surface area contributed by atoms with Gasteiger partial charge in [-0.3, -0.25) is 4.57 Å². The fourth-order valence-electron chi connectivity index (χ4n) is 2.97. The molecule has 1 nitrogen and oxygen atoms in total. The first kappa shape index (κ1) is 22.1. The Kier molecular flexibility index (Phi) is 16.0. The van der Waals surface area contributed by atoms with Gasteiger partial charge in [-0.15, -0.1) is 0 Å². The molecule has 0 rings (SSSR count). The van der Waals surface area contributed by atoms with Crippen LogP contribution in [0.3, 0.4) is 0 Å². The van der Waals surface area contributed by atoms with E-state index in [4.69, 9.17) is 0 Å². The zero-order chi connectivity index (χ0) is 16.5. The Bertz CT molecular complexity index is 238. The van der Waals surface area contributed by atoms with Gasteiger partial charge in [-0.1, -0.05) is 103 Å². The summed E-state index contributed by atoms with van der Waals surface area (Å²) in [6.07, 6.45) is 22.2. The van der Waals surface area contributed by atoms with Crippen LogP contribution in [-0.2, 0) is 4.57 Å². The van der Waals surface area contributed by atoms with Crippen molar-refractivity contribution in [2.75, 3.05) is 0 Å². The van der Waals surface area contributed by atoms with Gasteiger partial charge in [0.15, 0.2) is 8.46 Å². The van der Waals surface area contributed by atoms with Gasteiger partial charge in [-0.25, -0.2) is 0 Å². The molecule has 0 saturated carbocycles. The molecule has 0 radical (unpaired) electrons. The zero-order valence-corrected chi connectivity index (χ0v) is 16.6. The van der Waals surface area contributed by atoms with Crippen LogP contribution < -0.4 is 0 Å². The Balaban J connectivity index is 3.07. The second-order valence-corrected chi connectivity index (χ2v) is 9.00. The number of rotatable bonds is 17. The van der Waals surface area contributed by atoms with Crippen LogP contribution in [0.25, 0.3) is 0 Å². The fourth-order valence-corrected chi connectivity index (χ4v) is 3.22. The summed E-state index contributed by atoms with van der Waals surface area (Å²) in [7, 11) is 0.305. The van der Waals surface area contributed by atoms with E-state index < -0.39 is 0 Å². The minimum Gasteiger partial charge on any atom is -0.274 e. The van der Waals surface area contributed by atoms with Crippen molar-refractivity contribution in [3.8, 4) is 0 Å². The Hall–Kier alpha value is 0.100. The average molecular weight is 329 g/mol. The molecule has 0 saturated heterocycles. The quantitative estimate of drug-likeness (QED) is 0.194. The first-order valence-electron chi connectivity index (χ1n) is 9.97. The molecule has 0 aliphatic heterocycles. The van der Waals surface area contributed by atoms with E-state index in [1.807, 2.05) is 0 Å². The Morgan fingerprint density at radius 3 is 1.23 bits per heavy atom. The normalized spacial score (nSPS) is 12.1. The van der Waals surface area contributed by atoms with Crippen molar-refractivity contribution in [2.45, 2.75) is 129 Å². The highest BCUT2D eigenvalue weighted by atomic mass is 31.1. The largest absolute Gasteiger partial charge is 0.274 e. The molecule has 0 spiro atoms. The smallest absolute Gasteiger partial charge is 0.161 e. The van der Waals surface area contributed by atoms with Crippen LogP contribution in [0.2, 0.25) is 0 Å². The van der Waals surface area contributed by atoms with E-state index in [2.05, 4.69) is 20.8 Å². The predicted molar refractivity (Wildman–Crippen MR) is 101 cm³/mol. The lowest BCUT2D eigenvalue weighted by molar-refractivity contribution is 0.505. The number of hydrogen-bond donors (Lipinski definition) is 0. The SMILES string of the molecule is CCCCCCCCCCCCCCCCCC(C)(C)P=O. The van der Waals surface area contributed by atoms with E-state index in [9.17, 15) is 4.57 Å². The summed E-state index contributed by atoms with van der Waals surface area (Å²) >= 11 is 0. The van der Waals surface area contributed by atoms with E-state index in [0.29, 0.717) is 8.46 Å². The Morgan fingerprint density at radius 1 is 0.591 bits per heavy atom. The van der Waals surface area contributed by atoms with Crippen LogP contribution >= 0.6 is 8.46 Å². The van der Waals surface area contributed by atoms with Gasteiger partial charge in [0.1, 0.15) is 0 Å². The van der Waals surface area contributed by atoms with Gasteiger partial charge in [-0.2, -0.15) is 0 Å². The minimum atomic E-state index is -0.00343. The molecule has 0 unspecified atom stereocenters. The van der Waals surface area contributed by atoms with Crippen molar-refractivity contribution in [3.63, 3.8) is 0 Å². The highest BCUT2D eigenvalue weighted by molar-refractivity contribution is 7.25. The average Bonchev–Trinajstić information content (AvgIpc) is 2.51. The Labute approximate surface area is 142 Å². The molecule has 0 N–H and O–H groups in total. The van der Waals surface area contributed by atoms with Crippen molar-refractivity contribution in [1.82, 2.24) is 0 Å². The maximum Gasteiger partial charge on any atom is 0.161 e. The Morgan fingerprint density at radius 2 is 0.909 bits per heavy atom. The molecule has 0 aliphatic rings. The highest BCUT2D eigenvalue weighted by Gasteiger charge is 2.16. The predicted octanol–water partition coefficient (Wildman–Crippen LogP) is 8.32. The lowest BCUT2D eigenvalue weighted by Gasteiger charge is -2.14. The fraction of sp³-hybridized carbons (Fsp3) is 1.00. The summed E-state index contributed by atoms with van der Waals surface area (Å²) in [4.78, 5) is 0. The maximum atomic E-state index is 10.9. The van der Waals surface area contributed by atoms with Crippen molar-refractivity contribution < 1.29 is 4.57 Å². The van der Waals surface area contributed by atoms with Crippen LogP contribution in [0.4, 0.5) is 0 Å². The molecule has 22 heavy (non-hydrogen) atoms. The summed E-state index contributed by atoms with van der Waals surface area (Å²) < 4.78 is 10.9. The molecule has 132 valence electrons.